The Kier molecular flexibility index (Phi) is 12.4. The van der Waals surface area contributed by atoms with E-state index in [1.54, 1.807) is 24.3 Å². The molecule has 0 aliphatic heterocycles. The Morgan fingerprint density at radius 1 is 1.33 bits per heavy atom. The van der Waals surface area contributed by atoms with Gasteiger partial charge in [0.25, 0.3) is 0 Å². The molecule has 0 saturated heterocycles. The maximum absolute atomic E-state index is 8.63. The van der Waals surface area contributed by atoms with Crippen molar-refractivity contribution >= 4 is 6.79 Å². The SMILES string of the molecule is C=O.N#CN.Oc1ccccc1. The fourth-order valence-electron chi connectivity index (χ4n) is 0.428. The van der Waals surface area contributed by atoms with E-state index in [9.17, 15) is 0 Å². The van der Waals surface area contributed by atoms with E-state index in [-0.39, 0.29) is 0 Å². The first-order valence-corrected chi connectivity index (χ1v) is 2.94. The number of carbonyl (C=O) groups excluding carboxylic acids is 1. The Balaban J connectivity index is 0. The van der Waals surface area contributed by atoms with Crippen LogP contribution in [0.15, 0.2) is 30.3 Å². The van der Waals surface area contributed by atoms with E-state index in [4.69, 9.17) is 15.2 Å². The number of para-hydroxylation sites is 1. The molecule has 0 saturated carbocycles. The minimum absolute atomic E-state index is 0.322. The Labute approximate surface area is 70.9 Å². The van der Waals surface area contributed by atoms with Crippen LogP contribution in [0.5, 0.6) is 5.75 Å². The van der Waals surface area contributed by atoms with Gasteiger partial charge in [0.15, 0.2) is 6.19 Å². The number of phenols is 1. The van der Waals surface area contributed by atoms with Crippen LogP contribution in [0.25, 0.3) is 0 Å². The summed E-state index contributed by atoms with van der Waals surface area (Å²) in [5.41, 5.74) is 4.15. The van der Waals surface area contributed by atoms with Gasteiger partial charge < -0.3 is 15.6 Å². The monoisotopic (exact) mass is 166 g/mol. The maximum atomic E-state index is 8.63. The number of benzene rings is 1. The van der Waals surface area contributed by atoms with Crippen LogP contribution in [0.3, 0.4) is 0 Å². The van der Waals surface area contributed by atoms with Gasteiger partial charge in [-0.2, -0.15) is 5.26 Å². The summed E-state index contributed by atoms with van der Waals surface area (Å²) in [6.07, 6.45) is 1.25. The summed E-state index contributed by atoms with van der Waals surface area (Å²) in [7, 11) is 0. The Morgan fingerprint density at radius 3 is 1.83 bits per heavy atom. The van der Waals surface area contributed by atoms with Gasteiger partial charge in [-0.05, 0) is 12.1 Å². The first kappa shape index (κ1) is 12.6. The average molecular weight is 166 g/mol. The van der Waals surface area contributed by atoms with E-state index >= 15 is 0 Å². The largest absolute Gasteiger partial charge is 0.508 e. The van der Waals surface area contributed by atoms with Crippen molar-refractivity contribution in [3.8, 4) is 11.9 Å². The third kappa shape index (κ3) is 10.9. The molecule has 0 bridgehead atoms. The molecule has 0 fully saturated rings. The second-order valence-electron chi connectivity index (χ2n) is 1.46. The molecule has 0 unspecified atom stereocenters. The molecular formula is C8H10N2O2. The van der Waals surface area contributed by atoms with Gasteiger partial charge in [0.05, 0.1) is 0 Å². The van der Waals surface area contributed by atoms with Crippen molar-refractivity contribution in [3.05, 3.63) is 30.3 Å². The zero-order valence-electron chi connectivity index (χ0n) is 6.47. The molecule has 0 radical (unpaired) electrons. The summed E-state index contributed by atoms with van der Waals surface area (Å²) < 4.78 is 0. The first-order valence-electron chi connectivity index (χ1n) is 2.94. The van der Waals surface area contributed by atoms with Crippen LogP contribution in [-0.4, -0.2) is 11.9 Å². The molecule has 1 aromatic rings. The zero-order valence-corrected chi connectivity index (χ0v) is 6.47. The van der Waals surface area contributed by atoms with Gasteiger partial charge in [-0.15, -0.1) is 0 Å². The normalized spacial score (nSPS) is 5.92. The van der Waals surface area contributed by atoms with Gasteiger partial charge in [0.1, 0.15) is 12.5 Å². The van der Waals surface area contributed by atoms with Crippen LogP contribution in [0.4, 0.5) is 0 Å². The van der Waals surface area contributed by atoms with E-state index in [2.05, 4.69) is 5.73 Å². The lowest BCUT2D eigenvalue weighted by molar-refractivity contribution is -0.0979. The molecule has 0 aliphatic carbocycles. The third-order valence-electron chi connectivity index (χ3n) is 0.756. The summed E-state index contributed by atoms with van der Waals surface area (Å²) >= 11 is 0. The van der Waals surface area contributed by atoms with Gasteiger partial charge in [-0.3, -0.25) is 0 Å². The molecule has 4 nitrogen and oxygen atoms in total. The number of rotatable bonds is 0. The number of nitriles is 1. The molecule has 0 aliphatic rings. The molecule has 64 valence electrons. The minimum atomic E-state index is 0.322. The fraction of sp³-hybridized carbons (Fsp3) is 0. The van der Waals surface area contributed by atoms with E-state index in [0.29, 0.717) is 5.75 Å². The van der Waals surface area contributed by atoms with Crippen LogP contribution in [0.2, 0.25) is 0 Å². The van der Waals surface area contributed by atoms with E-state index in [0.717, 1.165) is 0 Å². The molecule has 0 atom stereocenters. The standard InChI is InChI=1S/C6H6O.CH2N2.CH2O/c7-6-4-2-1-3-5-6;2-1-3;1-2/h1-5,7H;2H2;1H2. The number of hydrogen-bond acceptors (Lipinski definition) is 4. The highest BCUT2D eigenvalue weighted by atomic mass is 16.3. The number of aromatic hydroxyl groups is 1. The Bertz CT molecular complexity index is 218. The summed E-state index contributed by atoms with van der Waals surface area (Å²) in [5.74, 6) is 0.322. The topological polar surface area (TPSA) is 87.1 Å². The Hall–Kier alpha value is -2.02. The molecule has 3 N–H and O–H groups in total. The third-order valence-corrected chi connectivity index (χ3v) is 0.756. The van der Waals surface area contributed by atoms with E-state index in [1.807, 2.05) is 12.9 Å². The summed E-state index contributed by atoms with van der Waals surface area (Å²) in [4.78, 5) is 8.00. The van der Waals surface area contributed by atoms with Crippen molar-refractivity contribution in [2.24, 2.45) is 5.73 Å². The van der Waals surface area contributed by atoms with Crippen LogP contribution in [0, 0.1) is 11.5 Å². The number of nitrogens with zero attached hydrogens (tertiary/aromatic N) is 1. The fourth-order valence-corrected chi connectivity index (χ4v) is 0.428. The van der Waals surface area contributed by atoms with Gasteiger partial charge in [0, 0.05) is 0 Å². The predicted molar refractivity (Wildman–Crippen MR) is 45.0 cm³/mol. The van der Waals surface area contributed by atoms with Crippen LogP contribution < -0.4 is 5.73 Å². The number of hydrogen-bond donors (Lipinski definition) is 2. The van der Waals surface area contributed by atoms with Gasteiger partial charge >= 0.3 is 0 Å². The van der Waals surface area contributed by atoms with Crippen molar-refractivity contribution in [2.45, 2.75) is 0 Å². The number of nitrogens with two attached hydrogens (primary N) is 1. The Morgan fingerprint density at radius 2 is 1.67 bits per heavy atom. The van der Waals surface area contributed by atoms with Crippen LogP contribution in [-0.2, 0) is 4.79 Å². The molecule has 0 aromatic heterocycles. The minimum Gasteiger partial charge on any atom is -0.508 e. The molecule has 12 heavy (non-hydrogen) atoms. The predicted octanol–water partition coefficient (Wildman–Crippen LogP) is 0.633. The van der Waals surface area contributed by atoms with Crippen molar-refractivity contribution in [1.29, 1.82) is 5.26 Å². The molecule has 1 rings (SSSR count). The van der Waals surface area contributed by atoms with Crippen LogP contribution >= 0.6 is 0 Å². The molecule has 0 heterocycles. The first-order chi connectivity index (χ1) is 5.81. The number of phenolic OH excluding ortho intramolecular Hbond substituents is 1. The van der Waals surface area contributed by atoms with E-state index < -0.39 is 0 Å². The molecule has 0 amide bonds. The van der Waals surface area contributed by atoms with Crippen LogP contribution in [0.1, 0.15) is 0 Å². The molecular weight excluding hydrogens is 156 g/mol. The average Bonchev–Trinajstić information content (AvgIpc) is 2.11. The lowest BCUT2D eigenvalue weighted by Crippen LogP contribution is -1.69. The highest BCUT2D eigenvalue weighted by Gasteiger charge is 1.74. The lowest BCUT2D eigenvalue weighted by atomic mass is 10.3. The summed E-state index contributed by atoms with van der Waals surface area (Å²) in [6, 6.07) is 8.71. The second kappa shape index (κ2) is 11.7. The highest BCUT2D eigenvalue weighted by molar-refractivity contribution is 5.18. The molecule has 1 aromatic carbocycles. The van der Waals surface area contributed by atoms with E-state index in [1.165, 1.54) is 6.19 Å². The van der Waals surface area contributed by atoms with Crippen molar-refractivity contribution in [2.75, 3.05) is 0 Å². The van der Waals surface area contributed by atoms with Crippen molar-refractivity contribution in [1.82, 2.24) is 0 Å². The van der Waals surface area contributed by atoms with Crippen molar-refractivity contribution < 1.29 is 9.90 Å². The lowest BCUT2D eigenvalue weighted by Gasteiger charge is -1.82. The summed E-state index contributed by atoms with van der Waals surface area (Å²) in [5, 5.41) is 15.7. The molecule has 0 spiro atoms. The van der Waals surface area contributed by atoms with Gasteiger partial charge in [-0.25, -0.2) is 0 Å². The van der Waals surface area contributed by atoms with Crippen molar-refractivity contribution in [3.63, 3.8) is 0 Å². The second-order valence-corrected chi connectivity index (χ2v) is 1.46. The number of carbonyl (C=O) groups is 1. The van der Waals surface area contributed by atoms with Gasteiger partial charge in [0.2, 0.25) is 0 Å². The smallest absolute Gasteiger partial charge is 0.173 e. The maximum Gasteiger partial charge on any atom is 0.173 e. The molecule has 4 heteroatoms. The zero-order chi connectivity index (χ0) is 9.82. The van der Waals surface area contributed by atoms with Gasteiger partial charge in [-0.1, -0.05) is 18.2 Å². The highest BCUT2D eigenvalue weighted by Crippen LogP contribution is 2.02. The quantitative estimate of drug-likeness (QED) is 0.437. The summed E-state index contributed by atoms with van der Waals surface area (Å²) in [6.45, 7) is 2.00.